The molecule has 0 saturated carbocycles. The van der Waals surface area contributed by atoms with E-state index in [1.165, 1.54) is 0 Å². The van der Waals surface area contributed by atoms with Crippen molar-refractivity contribution in [2.45, 2.75) is 24.9 Å². The van der Waals surface area contributed by atoms with Crippen LogP contribution in [0.3, 0.4) is 0 Å². The molecule has 6 heteroatoms. The summed E-state index contributed by atoms with van der Waals surface area (Å²) < 4.78 is 13.1. The van der Waals surface area contributed by atoms with E-state index in [9.17, 15) is 10.2 Å². The Balaban J connectivity index is 1.77. The summed E-state index contributed by atoms with van der Waals surface area (Å²) in [6, 6.07) is 9.59. The molecule has 2 N–H and O–H groups in total. The number of nitrogens with zero attached hydrogens (tertiary/aromatic N) is 2. The smallest absolute Gasteiger partial charge is 0.138 e. The van der Waals surface area contributed by atoms with Gasteiger partial charge in [-0.15, -0.1) is 0 Å². The van der Waals surface area contributed by atoms with Crippen molar-refractivity contribution < 1.29 is 19.4 Å². The molecule has 22 heavy (non-hydrogen) atoms. The number of para-hydroxylation sites is 1. The third-order valence-corrected chi connectivity index (χ3v) is 4.09. The molecule has 1 saturated heterocycles. The van der Waals surface area contributed by atoms with Crippen LogP contribution in [0, 0.1) is 0 Å². The first-order valence-electron chi connectivity index (χ1n) is 7.21. The number of aliphatic hydroxyl groups excluding tert-OH is 2. The van der Waals surface area contributed by atoms with Gasteiger partial charge in [0.25, 0.3) is 0 Å². The molecule has 0 spiro atoms. The van der Waals surface area contributed by atoms with Gasteiger partial charge < -0.3 is 23.9 Å². The number of hydrogen-bond acceptors (Lipinski definition) is 5. The Morgan fingerprint density at radius 2 is 2.18 bits per heavy atom. The van der Waals surface area contributed by atoms with E-state index >= 15 is 0 Å². The average molecular weight is 300 g/mol. The quantitative estimate of drug-likeness (QED) is 0.772. The summed E-state index contributed by atoms with van der Waals surface area (Å²) in [5, 5.41) is 19.1. The molecule has 4 rings (SSSR count). The number of rotatable bonds is 3. The maximum Gasteiger partial charge on any atom is 0.138 e. The summed E-state index contributed by atoms with van der Waals surface area (Å²) in [6.45, 7) is -0.193. The molecule has 6 nitrogen and oxygen atoms in total. The second-order valence-corrected chi connectivity index (χ2v) is 5.42. The summed E-state index contributed by atoms with van der Waals surface area (Å²) in [5.74, 6) is 0.761. The molecule has 3 atom stereocenters. The zero-order valence-corrected chi connectivity index (χ0v) is 11.8. The Morgan fingerprint density at radius 3 is 2.91 bits per heavy atom. The van der Waals surface area contributed by atoms with Crippen molar-refractivity contribution in [1.82, 2.24) is 9.55 Å². The van der Waals surface area contributed by atoms with Gasteiger partial charge in [0.05, 0.1) is 36.3 Å². The zero-order chi connectivity index (χ0) is 15.1. The van der Waals surface area contributed by atoms with E-state index in [-0.39, 0.29) is 12.8 Å². The lowest BCUT2D eigenvalue weighted by Crippen LogP contribution is -2.24. The summed E-state index contributed by atoms with van der Waals surface area (Å²) >= 11 is 0. The molecule has 1 fully saturated rings. The molecule has 3 aromatic rings. The van der Waals surface area contributed by atoms with Crippen LogP contribution in [0.5, 0.6) is 0 Å². The molecule has 0 amide bonds. The van der Waals surface area contributed by atoms with Crippen LogP contribution in [0.15, 0.2) is 47.3 Å². The predicted molar refractivity (Wildman–Crippen MR) is 79.1 cm³/mol. The molecule has 2 aromatic heterocycles. The normalized spacial score (nSPS) is 25.1. The topological polar surface area (TPSA) is 80.7 Å². The van der Waals surface area contributed by atoms with Gasteiger partial charge in [0.2, 0.25) is 0 Å². The number of aromatic nitrogens is 2. The molecular weight excluding hydrogens is 284 g/mol. The first-order valence-corrected chi connectivity index (χ1v) is 7.21. The van der Waals surface area contributed by atoms with Crippen molar-refractivity contribution in [3.63, 3.8) is 0 Å². The highest BCUT2D eigenvalue weighted by Gasteiger charge is 2.35. The molecule has 0 bridgehead atoms. The van der Waals surface area contributed by atoms with Crippen LogP contribution in [0.1, 0.15) is 12.6 Å². The molecular formula is C16H16N2O4. The van der Waals surface area contributed by atoms with E-state index in [1.54, 1.807) is 12.6 Å². The van der Waals surface area contributed by atoms with Gasteiger partial charge in [-0.2, -0.15) is 0 Å². The average Bonchev–Trinajstić information content (AvgIpc) is 3.25. The van der Waals surface area contributed by atoms with Crippen molar-refractivity contribution in [2.75, 3.05) is 6.61 Å². The highest BCUT2D eigenvalue weighted by molar-refractivity contribution is 5.90. The third-order valence-electron chi connectivity index (χ3n) is 4.09. The van der Waals surface area contributed by atoms with Crippen molar-refractivity contribution in [1.29, 1.82) is 0 Å². The number of aliphatic hydroxyl groups is 2. The van der Waals surface area contributed by atoms with E-state index < -0.39 is 12.2 Å². The van der Waals surface area contributed by atoms with Gasteiger partial charge in [-0.3, -0.25) is 0 Å². The lowest BCUT2D eigenvalue weighted by atomic mass is 10.1. The maximum absolute atomic E-state index is 9.90. The minimum absolute atomic E-state index is 0.193. The van der Waals surface area contributed by atoms with E-state index in [0.29, 0.717) is 6.42 Å². The van der Waals surface area contributed by atoms with E-state index in [1.807, 2.05) is 34.9 Å². The van der Waals surface area contributed by atoms with E-state index in [4.69, 9.17) is 9.15 Å². The minimum atomic E-state index is -0.666. The maximum atomic E-state index is 9.90. The van der Waals surface area contributed by atoms with Gasteiger partial charge in [0.1, 0.15) is 18.1 Å². The molecule has 0 aliphatic carbocycles. The Hall–Kier alpha value is -2.15. The van der Waals surface area contributed by atoms with E-state index in [0.717, 1.165) is 22.4 Å². The third kappa shape index (κ3) is 2.04. The fourth-order valence-corrected chi connectivity index (χ4v) is 2.97. The van der Waals surface area contributed by atoms with Crippen LogP contribution < -0.4 is 0 Å². The number of fused-ring (bicyclic) bond motifs is 1. The first-order chi connectivity index (χ1) is 10.8. The SMILES string of the molecule is OC[C@H]1O[C@@H](n2cnc3c(-c4ccco4)cccc32)C[C@@H]1O. The Morgan fingerprint density at radius 1 is 1.27 bits per heavy atom. The van der Waals surface area contributed by atoms with Crippen molar-refractivity contribution in [3.05, 3.63) is 42.9 Å². The summed E-state index contributed by atoms with van der Waals surface area (Å²) in [4.78, 5) is 4.47. The largest absolute Gasteiger partial charge is 0.464 e. The minimum Gasteiger partial charge on any atom is -0.464 e. The van der Waals surface area contributed by atoms with Crippen molar-refractivity contribution in [2.24, 2.45) is 0 Å². The predicted octanol–water partition coefficient (Wildman–Crippen LogP) is 1.94. The fourth-order valence-electron chi connectivity index (χ4n) is 2.97. The van der Waals surface area contributed by atoms with Crippen LogP contribution in [0.4, 0.5) is 0 Å². The lowest BCUT2D eigenvalue weighted by molar-refractivity contribution is -0.0430. The van der Waals surface area contributed by atoms with Crippen LogP contribution in [-0.4, -0.2) is 38.6 Å². The number of ether oxygens (including phenoxy) is 1. The van der Waals surface area contributed by atoms with Crippen LogP contribution >= 0.6 is 0 Å². The standard InChI is InChI=1S/C16H16N2O4/c19-8-14-12(20)7-15(22-14)18-9-17-16-10(3-1-4-11(16)18)13-5-2-6-21-13/h1-6,9,12,14-15,19-20H,7-8H2/t12-,14+,15+/m0/s1. The van der Waals surface area contributed by atoms with Crippen molar-refractivity contribution >= 4 is 11.0 Å². The Kier molecular flexibility index (Phi) is 3.22. The van der Waals surface area contributed by atoms with Crippen LogP contribution in [0.2, 0.25) is 0 Å². The van der Waals surface area contributed by atoms with Gasteiger partial charge in [-0.05, 0) is 24.3 Å². The number of imidazole rings is 1. The van der Waals surface area contributed by atoms with E-state index in [2.05, 4.69) is 4.98 Å². The first kappa shape index (κ1) is 13.5. The van der Waals surface area contributed by atoms with Gasteiger partial charge in [0, 0.05) is 12.0 Å². The lowest BCUT2D eigenvalue weighted by Gasteiger charge is -2.14. The highest BCUT2D eigenvalue weighted by atomic mass is 16.5. The summed E-state index contributed by atoms with van der Waals surface area (Å²) in [7, 11) is 0. The molecule has 1 aliphatic heterocycles. The summed E-state index contributed by atoms with van der Waals surface area (Å²) in [6.07, 6.45) is 2.23. The highest BCUT2D eigenvalue weighted by Crippen LogP contribution is 2.34. The molecule has 1 aliphatic rings. The van der Waals surface area contributed by atoms with Gasteiger partial charge >= 0.3 is 0 Å². The Bertz CT molecular complexity index is 781. The van der Waals surface area contributed by atoms with Gasteiger partial charge in [-0.25, -0.2) is 4.98 Å². The number of hydrogen-bond donors (Lipinski definition) is 2. The summed E-state index contributed by atoms with van der Waals surface area (Å²) in [5.41, 5.74) is 2.64. The molecule has 114 valence electrons. The van der Waals surface area contributed by atoms with Crippen LogP contribution in [0.25, 0.3) is 22.4 Å². The van der Waals surface area contributed by atoms with Gasteiger partial charge in [0.15, 0.2) is 0 Å². The fraction of sp³-hybridized carbons (Fsp3) is 0.312. The van der Waals surface area contributed by atoms with Crippen LogP contribution in [-0.2, 0) is 4.74 Å². The molecule has 1 aromatic carbocycles. The molecule has 0 radical (unpaired) electrons. The second-order valence-electron chi connectivity index (χ2n) is 5.42. The number of benzene rings is 1. The van der Waals surface area contributed by atoms with Crippen molar-refractivity contribution in [3.8, 4) is 11.3 Å². The second kappa shape index (κ2) is 5.24. The zero-order valence-electron chi connectivity index (χ0n) is 11.8. The number of furan rings is 1. The molecule has 0 unspecified atom stereocenters. The monoisotopic (exact) mass is 300 g/mol. The molecule has 3 heterocycles. The van der Waals surface area contributed by atoms with Gasteiger partial charge in [-0.1, -0.05) is 6.07 Å². The Labute approximate surface area is 126 Å².